The standard InChI is InChI=1S/C45H60N18O4/c1-59-42(30(24-51-59)44(64)66-3)55-53-38-36(32-20-12-13-22-61(32)28-17-10-5-6-11-18-28)57-62(40(38)46)33-23-34(50-26-49-33)63-41(47)39(54-56-43-31(45(65)67-4)25-52-60(43)2)37(58-63)35-29(19-14-21-48-35)27-15-8-7-9-16-27/h10,17,23-29,32,35,48H,5-9,11-16,18-22,46-47H2,1-4H3/b55-53+,56-54+. The predicted molar refractivity (Wildman–Crippen MR) is 247 cm³/mol. The van der Waals surface area contributed by atoms with Crippen molar-refractivity contribution in [3.05, 3.63) is 59.5 Å². The maximum atomic E-state index is 12.7. The molecule has 22 nitrogen and oxygen atoms in total. The van der Waals surface area contributed by atoms with Crippen LogP contribution in [0.1, 0.15) is 134 Å². The van der Waals surface area contributed by atoms with Gasteiger partial charge in [-0.3, -0.25) is 4.90 Å². The highest BCUT2D eigenvalue weighted by Crippen LogP contribution is 2.46. The summed E-state index contributed by atoms with van der Waals surface area (Å²) in [5.74, 6) is 1.12. The van der Waals surface area contributed by atoms with Gasteiger partial charge in [0.15, 0.2) is 46.3 Å². The first-order chi connectivity index (χ1) is 32.7. The number of nitrogen functional groups attached to an aromatic ring is 2. The summed E-state index contributed by atoms with van der Waals surface area (Å²) in [6.07, 6.45) is 24.1. The third-order valence-electron chi connectivity index (χ3n) is 13.9. The van der Waals surface area contributed by atoms with Crippen LogP contribution >= 0.6 is 0 Å². The maximum Gasteiger partial charge on any atom is 0.343 e. The first kappa shape index (κ1) is 45.5. The summed E-state index contributed by atoms with van der Waals surface area (Å²) in [5, 5.41) is 41.2. The summed E-state index contributed by atoms with van der Waals surface area (Å²) >= 11 is 0. The van der Waals surface area contributed by atoms with Crippen molar-refractivity contribution >= 4 is 46.6 Å². The van der Waals surface area contributed by atoms with Gasteiger partial charge in [0.25, 0.3) is 0 Å². The van der Waals surface area contributed by atoms with E-state index in [1.54, 1.807) is 29.5 Å². The lowest BCUT2D eigenvalue weighted by Crippen LogP contribution is -2.40. The van der Waals surface area contributed by atoms with Crippen LogP contribution in [0.5, 0.6) is 0 Å². The summed E-state index contributed by atoms with van der Waals surface area (Å²) in [6.45, 7) is 1.70. The van der Waals surface area contributed by atoms with Crippen LogP contribution in [0.2, 0.25) is 0 Å². The number of allylic oxidation sites excluding steroid dienone is 1. The molecule has 67 heavy (non-hydrogen) atoms. The number of methoxy groups -OCH3 is 2. The highest BCUT2D eigenvalue weighted by atomic mass is 16.5. The lowest BCUT2D eigenvalue weighted by molar-refractivity contribution is 0.0592. The van der Waals surface area contributed by atoms with Crippen LogP contribution in [0.15, 0.2) is 57.4 Å². The van der Waals surface area contributed by atoms with E-state index in [1.165, 1.54) is 61.6 Å². The normalized spacial score (nSPS) is 22.1. The van der Waals surface area contributed by atoms with Gasteiger partial charge in [-0.05, 0) is 69.9 Å². The van der Waals surface area contributed by atoms with Crippen LogP contribution in [0.3, 0.4) is 0 Å². The maximum absolute atomic E-state index is 12.7. The van der Waals surface area contributed by atoms with E-state index in [0.717, 1.165) is 83.7 Å². The third kappa shape index (κ3) is 9.10. The van der Waals surface area contributed by atoms with Gasteiger partial charge in [0, 0.05) is 26.2 Å². The highest BCUT2D eigenvalue weighted by Gasteiger charge is 2.38. The summed E-state index contributed by atoms with van der Waals surface area (Å²) in [5.41, 5.74) is 16.5. The largest absolute Gasteiger partial charge is 0.465 e. The predicted octanol–water partition coefficient (Wildman–Crippen LogP) is 7.53. The molecule has 5 aromatic heterocycles. The molecule has 2 aliphatic carbocycles. The van der Waals surface area contributed by atoms with Crippen LogP contribution in [0.25, 0.3) is 11.6 Å². The fourth-order valence-corrected chi connectivity index (χ4v) is 10.4. The SMILES string of the molecule is COC(=O)c1cnn(C)c1/N=N/c1c(C2NCCCC2C2CCCCC2)nn(-c2cc(-n3nc(C4CCCCN4C4C=CCCCC4)c(/N=N/c4c(C(=O)OC)cnn4C)c3N)ncn2)c1N. The van der Waals surface area contributed by atoms with Gasteiger partial charge in [0.2, 0.25) is 0 Å². The number of hydrogen-bond donors (Lipinski definition) is 3. The average Bonchev–Trinajstić information content (AvgIpc) is 4.05. The molecule has 0 bridgehead atoms. The number of aromatic nitrogens is 10. The Labute approximate surface area is 388 Å². The van der Waals surface area contributed by atoms with Crippen molar-refractivity contribution < 1.29 is 19.1 Å². The van der Waals surface area contributed by atoms with Crippen LogP contribution in [-0.2, 0) is 23.6 Å². The van der Waals surface area contributed by atoms with Gasteiger partial charge in [-0.15, -0.1) is 20.5 Å². The Morgan fingerprint density at radius 1 is 0.716 bits per heavy atom. The van der Waals surface area contributed by atoms with Gasteiger partial charge < -0.3 is 26.3 Å². The molecular weight excluding hydrogens is 857 g/mol. The van der Waals surface area contributed by atoms with Crippen molar-refractivity contribution in [1.82, 2.24) is 59.3 Å². The zero-order chi connectivity index (χ0) is 46.6. The first-order valence-electron chi connectivity index (χ1n) is 23.5. The Kier molecular flexibility index (Phi) is 13.6. The molecule has 5 N–H and O–H groups in total. The lowest BCUT2D eigenvalue weighted by atomic mass is 9.72. The van der Waals surface area contributed by atoms with E-state index in [1.807, 2.05) is 0 Å². The summed E-state index contributed by atoms with van der Waals surface area (Å²) in [7, 11) is 5.97. The molecule has 3 fully saturated rings. The number of rotatable bonds is 12. The second-order valence-corrected chi connectivity index (χ2v) is 17.9. The lowest BCUT2D eigenvalue weighted by Gasteiger charge is -2.39. The minimum Gasteiger partial charge on any atom is -0.465 e. The molecule has 354 valence electrons. The Hall–Kier alpha value is -6.68. The number of nitrogens with zero attached hydrogens (tertiary/aromatic N) is 15. The number of hydrogen-bond acceptors (Lipinski definition) is 18. The quantitative estimate of drug-likeness (QED) is 0.0620. The van der Waals surface area contributed by atoms with Gasteiger partial charge in [-0.2, -0.15) is 29.8 Å². The molecule has 9 rings (SSSR count). The van der Waals surface area contributed by atoms with E-state index in [0.29, 0.717) is 46.2 Å². The van der Waals surface area contributed by atoms with Crippen molar-refractivity contribution in [1.29, 1.82) is 0 Å². The van der Waals surface area contributed by atoms with Crippen LogP contribution in [0.4, 0.5) is 34.6 Å². The minimum atomic E-state index is -0.588. The number of ether oxygens (including phenoxy) is 2. The van der Waals surface area contributed by atoms with Crippen LogP contribution in [-0.4, -0.2) is 99.3 Å². The number of carbonyl (C=O) groups is 2. The number of carbonyl (C=O) groups excluding carboxylic acids is 2. The van der Waals surface area contributed by atoms with E-state index in [9.17, 15) is 9.59 Å². The van der Waals surface area contributed by atoms with Gasteiger partial charge >= 0.3 is 11.9 Å². The van der Waals surface area contributed by atoms with Crippen LogP contribution in [0, 0.1) is 11.8 Å². The minimum absolute atomic E-state index is 0.136. The summed E-state index contributed by atoms with van der Waals surface area (Å²) < 4.78 is 16.0. The number of nitrogens with two attached hydrogens (primary N) is 2. The number of piperidine rings is 2. The smallest absolute Gasteiger partial charge is 0.343 e. The van der Waals surface area contributed by atoms with Crippen molar-refractivity contribution in [2.75, 3.05) is 38.8 Å². The van der Waals surface area contributed by atoms with E-state index in [4.69, 9.17) is 41.4 Å². The second-order valence-electron chi connectivity index (χ2n) is 17.9. The molecule has 0 radical (unpaired) electrons. The Bertz CT molecular complexity index is 2670. The summed E-state index contributed by atoms with van der Waals surface area (Å²) in [4.78, 5) is 37.2. The number of esters is 2. The molecule has 22 heteroatoms. The van der Waals surface area contributed by atoms with Gasteiger partial charge in [0.1, 0.15) is 28.8 Å². The molecule has 4 unspecified atom stereocenters. The number of aryl methyl sites for hydroxylation is 2. The van der Waals surface area contributed by atoms with Crippen molar-refractivity contribution in [2.45, 2.75) is 108 Å². The average molecular weight is 917 g/mol. The van der Waals surface area contributed by atoms with Crippen molar-refractivity contribution in [2.24, 2.45) is 46.4 Å². The van der Waals surface area contributed by atoms with Crippen molar-refractivity contribution in [3.63, 3.8) is 0 Å². The molecule has 7 heterocycles. The molecule has 5 aromatic rings. The third-order valence-corrected chi connectivity index (χ3v) is 13.9. The second kappa shape index (κ2) is 20.0. The van der Waals surface area contributed by atoms with E-state index < -0.39 is 11.9 Å². The molecule has 0 spiro atoms. The zero-order valence-corrected chi connectivity index (χ0v) is 38.7. The van der Waals surface area contributed by atoms with Crippen LogP contribution < -0.4 is 16.8 Å². The van der Waals surface area contributed by atoms with Gasteiger partial charge in [-0.1, -0.05) is 57.1 Å². The van der Waals surface area contributed by atoms with Crippen molar-refractivity contribution in [3.8, 4) is 11.6 Å². The Morgan fingerprint density at radius 3 is 1.96 bits per heavy atom. The Balaban J connectivity index is 1.15. The molecule has 0 amide bonds. The number of nitrogens with one attached hydrogen (secondary N) is 1. The highest BCUT2D eigenvalue weighted by molar-refractivity contribution is 5.94. The van der Waals surface area contributed by atoms with E-state index >= 15 is 0 Å². The van der Waals surface area contributed by atoms with Gasteiger partial charge in [-0.25, -0.2) is 28.9 Å². The number of azo groups is 2. The molecule has 2 aliphatic heterocycles. The van der Waals surface area contributed by atoms with E-state index in [-0.39, 0.29) is 52.5 Å². The fraction of sp³-hybridized carbons (Fsp3) is 0.556. The molecular formula is C45H60N18O4. The van der Waals surface area contributed by atoms with Gasteiger partial charge in [0.05, 0.1) is 38.7 Å². The monoisotopic (exact) mass is 917 g/mol. The summed E-state index contributed by atoms with van der Waals surface area (Å²) in [6, 6.07) is 1.64. The first-order valence-corrected chi connectivity index (χ1v) is 23.5. The molecule has 0 aromatic carbocycles. The molecule has 2 saturated heterocycles. The number of anilines is 2. The molecule has 1 saturated carbocycles. The topological polar surface area (TPSA) is 266 Å². The Morgan fingerprint density at radius 2 is 1.31 bits per heavy atom. The molecule has 4 atom stereocenters. The zero-order valence-electron chi connectivity index (χ0n) is 38.7. The number of likely N-dealkylation sites (tertiary alicyclic amines) is 1. The van der Waals surface area contributed by atoms with E-state index in [2.05, 4.69) is 52.8 Å². The fourth-order valence-electron chi connectivity index (χ4n) is 10.4. The molecule has 4 aliphatic rings.